The van der Waals surface area contributed by atoms with E-state index in [4.69, 9.17) is 4.74 Å². The van der Waals surface area contributed by atoms with E-state index in [-0.39, 0.29) is 11.0 Å². The van der Waals surface area contributed by atoms with Crippen LogP contribution in [0.2, 0.25) is 0 Å². The molecule has 0 radical (unpaired) electrons. The lowest BCUT2D eigenvalue weighted by atomic mass is 10.1. The van der Waals surface area contributed by atoms with E-state index in [0.29, 0.717) is 0 Å². The van der Waals surface area contributed by atoms with Gasteiger partial charge in [-0.3, -0.25) is 4.79 Å². The number of rotatable bonds is 5. The zero-order valence-corrected chi connectivity index (χ0v) is 12.3. The molecule has 0 aliphatic carbocycles. The summed E-state index contributed by atoms with van der Waals surface area (Å²) >= 11 is 0. The lowest BCUT2D eigenvalue weighted by Gasteiger charge is -2.26. The van der Waals surface area contributed by atoms with Gasteiger partial charge in [0.05, 0.1) is 11.0 Å². The molecule has 19 heavy (non-hydrogen) atoms. The van der Waals surface area contributed by atoms with Crippen LogP contribution in [0.25, 0.3) is 0 Å². The SMILES string of the molecule is CC(C)OC(C)(C)C(=O)NS(=O)(=O)c1ccccc1. The second-order valence-corrected chi connectivity index (χ2v) is 6.61. The normalized spacial score (nSPS) is 12.5. The molecule has 0 spiro atoms. The Morgan fingerprint density at radius 3 is 2.21 bits per heavy atom. The van der Waals surface area contributed by atoms with Crippen molar-refractivity contribution in [1.82, 2.24) is 4.72 Å². The molecule has 0 fully saturated rings. The Labute approximate surface area is 114 Å². The molecule has 0 heterocycles. The minimum Gasteiger partial charge on any atom is -0.363 e. The minimum absolute atomic E-state index is 0.0451. The fraction of sp³-hybridized carbons (Fsp3) is 0.462. The van der Waals surface area contributed by atoms with E-state index in [2.05, 4.69) is 0 Å². The van der Waals surface area contributed by atoms with Crippen LogP contribution in [0.15, 0.2) is 35.2 Å². The topological polar surface area (TPSA) is 72.5 Å². The lowest BCUT2D eigenvalue weighted by Crippen LogP contribution is -2.47. The summed E-state index contributed by atoms with van der Waals surface area (Å²) in [5.74, 6) is -0.690. The minimum atomic E-state index is -3.86. The predicted octanol–water partition coefficient (Wildman–Crippen LogP) is 1.70. The Morgan fingerprint density at radius 2 is 1.74 bits per heavy atom. The summed E-state index contributed by atoms with van der Waals surface area (Å²) in [6.07, 6.45) is -0.180. The van der Waals surface area contributed by atoms with Crippen LogP contribution in [-0.2, 0) is 19.6 Å². The van der Waals surface area contributed by atoms with Crippen LogP contribution in [0.3, 0.4) is 0 Å². The van der Waals surface area contributed by atoms with Crippen LogP contribution < -0.4 is 4.72 Å². The van der Waals surface area contributed by atoms with Crippen LogP contribution >= 0.6 is 0 Å². The molecule has 0 saturated carbocycles. The van der Waals surface area contributed by atoms with Crippen molar-refractivity contribution in [2.45, 2.75) is 44.3 Å². The van der Waals surface area contributed by atoms with Crippen LogP contribution in [0.5, 0.6) is 0 Å². The van der Waals surface area contributed by atoms with Gasteiger partial charge in [-0.25, -0.2) is 13.1 Å². The number of carbonyl (C=O) groups is 1. The summed E-state index contributed by atoms with van der Waals surface area (Å²) in [5.41, 5.74) is -1.21. The standard InChI is InChI=1S/C13H19NO4S/c1-10(2)18-13(3,4)12(15)14-19(16,17)11-8-6-5-7-9-11/h5-10H,1-4H3,(H,14,15). The van der Waals surface area contributed by atoms with Gasteiger partial charge in [-0.2, -0.15) is 0 Å². The molecule has 6 heteroatoms. The number of ether oxygens (including phenoxy) is 1. The molecule has 1 aromatic carbocycles. The number of hydrogen-bond acceptors (Lipinski definition) is 4. The number of sulfonamides is 1. The van der Waals surface area contributed by atoms with Gasteiger partial charge in [-0.15, -0.1) is 0 Å². The highest BCUT2D eigenvalue weighted by molar-refractivity contribution is 7.90. The number of hydrogen-bond donors (Lipinski definition) is 1. The van der Waals surface area contributed by atoms with E-state index < -0.39 is 21.5 Å². The van der Waals surface area contributed by atoms with Crippen molar-refractivity contribution in [1.29, 1.82) is 0 Å². The highest BCUT2D eigenvalue weighted by Crippen LogP contribution is 2.15. The molecule has 0 saturated heterocycles. The molecule has 1 amide bonds. The third kappa shape index (κ3) is 4.33. The van der Waals surface area contributed by atoms with Crippen molar-refractivity contribution < 1.29 is 17.9 Å². The highest BCUT2D eigenvalue weighted by atomic mass is 32.2. The molecule has 1 N–H and O–H groups in total. The Bertz CT molecular complexity index is 535. The Balaban J connectivity index is 2.88. The third-order valence-electron chi connectivity index (χ3n) is 2.36. The monoisotopic (exact) mass is 285 g/mol. The molecule has 106 valence electrons. The Hall–Kier alpha value is -1.40. The second kappa shape index (κ2) is 5.71. The van der Waals surface area contributed by atoms with E-state index in [9.17, 15) is 13.2 Å². The van der Waals surface area contributed by atoms with Crippen molar-refractivity contribution in [3.63, 3.8) is 0 Å². The van der Waals surface area contributed by atoms with Crippen LogP contribution in [0.1, 0.15) is 27.7 Å². The third-order valence-corrected chi connectivity index (χ3v) is 3.70. The number of carbonyl (C=O) groups excluding carboxylic acids is 1. The van der Waals surface area contributed by atoms with E-state index in [1.807, 2.05) is 4.72 Å². The first-order chi connectivity index (χ1) is 8.65. The largest absolute Gasteiger partial charge is 0.363 e. The van der Waals surface area contributed by atoms with Crippen molar-refractivity contribution in [3.05, 3.63) is 30.3 Å². The zero-order valence-electron chi connectivity index (χ0n) is 11.5. The van der Waals surface area contributed by atoms with Gasteiger partial charge in [0.15, 0.2) is 0 Å². The van der Waals surface area contributed by atoms with Gasteiger partial charge < -0.3 is 4.74 Å². The molecule has 0 aliphatic heterocycles. The van der Waals surface area contributed by atoms with E-state index >= 15 is 0 Å². The Kier molecular flexibility index (Phi) is 4.70. The van der Waals surface area contributed by atoms with Crippen LogP contribution in [0, 0.1) is 0 Å². The number of benzene rings is 1. The number of nitrogens with one attached hydrogen (secondary N) is 1. The molecule has 1 aromatic rings. The average Bonchev–Trinajstić information content (AvgIpc) is 2.28. The van der Waals surface area contributed by atoms with E-state index in [1.54, 1.807) is 32.0 Å². The molecular weight excluding hydrogens is 266 g/mol. The molecule has 1 rings (SSSR count). The maximum atomic E-state index is 12.0. The molecule has 0 aliphatic rings. The van der Waals surface area contributed by atoms with Crippen molar-refractivity contribution in [2.75, 3.05) is 0 Å². The molecule has 0 unspecified atom stereocenters. The smallest absolute Gasteiger partial charge is 0.265 e. The van der Waals surface area contributed by atoms with Gasteiger partial charge in [0.1, 0.15) is 5.60 Å². The van der Waals surface area contributed by atoms with Gasteiger partial charge in [-0.05, 0) is 39.8 Å². The molecule has 5 nitrogen and oxygen atoms in total. The van der Waals surface area contributed by atoms with Gasteiger partial charge >= 0.3 is 0 Å². The highest BCUT2D eigenvalue weighted by Gasteiger charge is 2.33. The summed E-state index contributed by atoms with van der Waals surface area (Å²) < 4.78 is 31.4. The fourth-order valence-electron chi connectivity index (χ4n) is 1.55. The summed E-state index contributed by atoms with van der Waals surface area (Å²) in [7, 11) is -3.86. The molecular formula is C13H19NO4S. The Morgan fingerprint density at radius 1 is 1.21 bits per heavy atom. The fourth-order valence-corrected chi connectivity index (χ4v) is 2.67. The van der Waals surface area contributed by atoms with Crippen molar-refractivity contribution in [2.24, 2.45) is 0 Å². The first-order valence-electron chi connectivity index (χ1n) is 5.95. The van der Waals surface area contributed by atoms with Gasteiger partial charge in [0, 0.05) is 0 Å². The summed E-state index contributed by atoms with van der Waals surface area (Å²) in [4.78, 5) is 12.0. The summed E-state index contributed by atoms with van der Waals surface area (Å²) in [6, 6.07) is 7.73. The van der Waals surface area contributed by atoms with E-state index in [0.717, 1.165) is 0 Å². The molecule has 0 aromatic heterocycles. The second-order valence-electron chi connectivity index (χ2n) is 4.92. The molecule has 0 atom stereocenters. The van der Waals surface area contributed by atoms with Crippen LogP contribution in [-0.4, -0.2) is 26.0 Å². The maximum absolute atomic E-state index is 12.0. The maximum Gasteiger partial charge on any atom is 0.265 e. The lowest BCUT2D eigenvalue weighted by molar-refractivity contribution is -0.145. The molecule has 0 bridgehead atoms. The number of amides is 1. The van der Waals surface area contributed by atoms with Crippen molar-refractivity contribution in [3.8, 4) is 0 Å². The predicted molar refractivity (Wildman–Crippen MR) is 72.1 cm³/mol. The quantitative estimate of drug-likeness (QED) is 0.893. The summed E-state index contributed by atoms with van der Waals surface area (Å²) in [6.45, 7) is 6.62. The van der Waals surface area contributed by atoms with E-state index in [1.165, 1.54) is 26.0 Å². The zero-order chi connectivity index (χ0) is 14.7. The summed E-state index contributed by atoms with van der Waals surface area (Å²) in [5, 5.41) is 0. The van der Waals surface area contributed by atoms with Gasteiger partial charge in [0.25, 0.3) is 15.9 Å². The van der Waals surface area contributed by atoms with Gasteiger partial charge in [0.2, 0.25) is 0 Å². The first-order valence-corrected chi connectivity index (χ1v) is 7.43. The van der Waals surface area contributed by atoms with Crippen molar-refractivity contribution >= 4 is 15.9 Å². The van der Waals surface area contributed by atoms with Gasteiger partial charge in [-0.1, -0.05) is 18.2 Å². The van der Waals surface area contributed by atoms with Crippen LogP contribution in [0.4, 0.5) is 0 Å². The first kappa shape index (κ1) is 15.7. The average molecular weight is 285 g/mol.